The Kier molecular flexibility index (Phi) is 1.32. The summed E-state index contributed by atoms with van der Waals surface area (Å²) in [4.78, 5) is 1.21. The number of nitrogens with two attached hydrogens (primary N) is 1. The highest BCUT2D eigenvalue weighted by Gasteiger charge is 2.17. The molecule has 1 aromatic rings. The number of anilines is 1. The monoisotopic (exact) mass is 151 g/mol. The Balaban J connectivity index is 2.42. The summed E-state index contributed by atoms with van der Waals surface area (Å²) < 4.78 is 0. The summed E-state index contributed by atoms with van der Waals surface area (Å²) in [5.41, 5.74) is 7.43. The smallest absolute Gasteiger partial charge is 0.187 e. The third-order valence-electron chi connectivity index (χ3n) is 1.36. The molecule has 1 aromatic carbocycles. The van der Waals surface area contributed by atoms with Gasteiger partial charge >= 0.3 is 0 Å². The van der Waals surface area contributed by atoms with Gasteiger partial charge in [0.2, 0.25) is 0 Å². The average Bonchev–Trinajstić information content (AvgIpc) is 2.27. The molecule has 0 amide bonds. The van der Waals surface area contributed by atoms with Crippen molar-refractivity contribution in [3.63, 3.8) is 0 Å². The predicted molar refractivity (Wildman–Crippen MR) is 43.4 cm³/mol. The molecule has 0 atom stereocenters. The summed E-state index contributed by atoms with van der Waals surface area (Å²) in [6.07, 6.45) is 0. The van der Waals surface area contributed by atoms with Crippen molar-refractivity contribution in [1.29, 1.82) is 0 Å². The van der Waals surface area contributed by atoms with Gasteiger partial charge in [0.25, 0.3) is 0 Å². The molecule has 1 aliphatic heterocycles. The number of benzene rings is 1. The number of hydrogen-bond acceptors (Lipinski definition) is 3. The van der Waals surface area contributed by atoms with Crippen LogP contribution in [0.4, 0.5) is 5.69 Å². The van der Waals surface area contributed by atoms with Crippen LogP contribution in [-0.2, 0) is 0 Å². The molecular formula is C7H7N2S. The molecule has 0 aliphatic carbocycles. The molecule has 0 bridgehead atoms. The van der Waals surface area contributed by atoms with Crippen LogP contribution in [-0.4, -0.2) is 0 Å². The van der Waals surface area contributed by atoms with Gasteiger partial charge < -0.3 is 5.32 Å². The molecule has 0 saturated heterocycles. The topological polar surface area (TPSA) is 38.0 Å². The van der Waals surface area contributed by atoms with Crippen LogP contribution in [0.5, 0.6) is 0 Å². The van der Waals surface area contributed by atoms with Crippen LogP contribution >= 0.6 is 11.8 Å². The number of rotatable bonds is 0. The normalized spacial score (nSPS) is 16.5. The van der Waals surface area contributed by atoms with E-state index in [0.29, 0.717) is 0 Å². The van der Waals surface area contributed by atoms with Crippen molar-refractivity contribution in [3.8, 4) is 0 Å². The maximum absolute atomic E-state index is 5.55. The summed E-state index contributed by atoms with van der Waals surface area (Å²) in [5, 5.41) is 3.05. The zero-order valence-corrected chi connectivity index (χ0v) is 6.11. The minimum atomic E-state index is 0.765. The Morgan fingerprint density at radius 1 is 1.30 bits per heavy atom. The number of hydrogen-bond donors (Lipinski definition) is 2. The van der Waals surface area contributed by atoms with E-state index in [1.54, 1.807) is 11.8 Å². The molecule has 1 radical (unpaired) electrons. The molecule has 0 unspecified atom stereocenters. The van der Waals surface area contributed by atoms with Crippen molar-refractivity contribution in [1.82, 2.24) is 0 Å². The highest BCUT2D eigenvalue weighted by Crippen LogP contribution is 2.39. The lowest BCUT2D eigenvalue weighted by molar-refractivity contribution is 1.28. The van der Waals surface area contributed by atoms with Gasteiger partial charge in [-0.25, -0.2) is 0 Å². The summed E-state index contributed by atoms with van der Waals surface area (Å²) >= 11 is 1.57. The largest absolute Gasteiger partial charge is 0.354 e. The van der Waals surface area contributed by atoms with Gasteiger partial charge in [-0.3, -0.25) is 5.73 Å². The zero-order chi connectivity index (χ0) is 6.97. The Labute approximate surface area is 63.8 Å². The van der Waals surface area contributed by atoms with Gasteiger partial charge in [-0.1, -0.05) is 23.9 Å². The summed E-state index contributed by atoms with van der Waals surface area (Å²) in [6, 6.07) is 8.06. The predicted octanol–water partition coefficient (Wildman–Crippen LogP) is 1.61. The molecule has 0 aromatic heterocycles. The van der Waals surface area contributed by atoms with Gasteiger partial charge in [-0.2, -0.15) is 0 Å². The molecule has 1 heterocycles. The van der Waals surface area contributed by atoms with Gasteiger partial charge in [-0.05, 0) is 12.1 Å². The van der Waals surface area contributed by atoms with Crippen molar-refractivity contribution in [2.75, 3.05) is 5.32 Å². The lowest BCUT2D eigenvalue weighted by atomic mass is 10.3. The van der Waals surface area contributed by atoms with E-state index in [4.69, 9.17) is 5.73 Å². The Hall–Kier alpha value is -0.670. The minimum absolute atomic E-state index is 0.765. The van der Waals surface area contributed by atoms with Crippen LogP contribution in [0.2, 0.25) is 0 Å². The second-order valence-electron chi connectivity index (χ2n) is 2.09. The second-order valence-corrected chi connectivity index (χ2v) is 3.17. The number of para-hydroxylation sites is 1. The maximum Gasteiger partial charge on any atom is 0.187 e. The minimum Gasteiger partial charge on any atom is -0.354 e. The molecule has 10 heavy (non-hydrogen) atoms. The van der Waals surface area contributed by atoms with E-state index in [1.165, 1.54) is 4.90 Å². The van der Waals surface area contributed by atoms with Gasteiger partial charge in [-0.15, -0.1) is 0 Å². The molecule has 2 rings (SSSR count). The lowest BCUT2D eigenvalue weighted by Gasteiger charge is -1.97. The lowest BCUT2D eigenvalue weighted by Crippen LogP contribution is -2.10. The fourth-order valence-electron chi connectivity index (χ4n) is 0.936. The van der Waals surface area contributed by atoms with Crippen LogP contribution in [0, 0.1) is 5.50 Å². The standard InChI is InChI=1S/C7H7N2S/c8-7-9-5-3-1-2-4-6(5)10-7/h1-4,9H,8H2. The van der Waals surface area contributed by atoms with Crippen molar-refractivity contribution >= 4 is 17.4 Å². The third-order valence-corrected chi connectivity index (χ3v) is 2.26. The maximum atomic E-state index is 5.55. The summed E-state index contributed by atoms with van der Waals surface area (Å²) in [6.45, 7) is 0. The molecule has 3 N–H and O–H groups in total. The molecule has 0 fully saturated rings. The number of nitrogens with one attached hydrogen (secondary N) is 1. The molecule has 3 heteroatoms. The molecule has 2 nitrogen and oxygen atoms in total. The van der Waals surface area contributed by atoms with Crippen LogP contribution in [0.1, 0.15) is 0 Å². The first-order chi connectivity index (χ1) is 4.86. The van der Waals surface area contributed by atoms with Crippen molar-refractivity contribution in [3.05, 3.63) is 29.8 Å². The number of fused-ring (bicyclic) bond motifs is 1. The quantitative estimate of drug-likeness (QED) is 0.591. The molecular weight excluding hydrogens is 144 g/mol. The van der Waals surface area contributed by atoms with Gasteiger partial charge in [0.05, 0.1) is 5.69 Å². The van der Waals surface area contributed by atoms with Crippen LogP contribution in [0.25, 0.3) is 0 Å². The molecule has 51 valence electrons. The first-order valence-corrected chi connectivity index (χ1v) is 3.84. The Bertz CT molecular complexity index is 224. The highest BCUT2D eigenvalue weighted by atomic mass is 32.2. The first kappa shape index (κ1) is 6.07. The van der Waals surface area contributed by atoms with Crippen molar-refractivity contribution in [2.45, 2.75) is 4.90 Å². The van der Waals surface area contributed by atoms with Crippen LogP contribution in [0.3, 0.4) is 0 Å². The fourth-order valence-corrected chi connectivity index (χ4v) is 1.71. The van der Waals surface area contributed by atoms with Crippen LogP contribution in [0.15, 0.2) is 29.2 Å². The van der Waals surface area contributed by atoms with Gasteiger partial charge in [0, 0.05) is 4.90 Å². The Morgan fingerprint density at radius 3 is 2.90 bits per heavy atom. The van der Waals surface area contributed by atoms with E-state index in [-0.39, 0.29) is 0 Å². The summed E-state index contributed by atoms with van der Waals surface area (Å²) in [7, 11) is 0. The van der Waals surface area contributed by atoms with E-state index in [1.807, 2.05) is 24.3 Å². The van der Waals surface area contributed by atoms with E-state index >= 15 is 0 Å². The van der Waals surface area contributed by atoms with Crippen molar-refractivity contribution in [2.24, 2.45) is 5.73 Å². The Morgan fingerprint density at radius 2 is 2.10 bits per heavy atom. The van der Waals surface area contributed by atoms with Gasteiger partial charge in [0.1, 0.15) is 0 Å². The first-order valence-electron chi connectivity index (χ1n) is 3.02. The van der Waals surface area contributed by atoms with Gasteiger partial charge in [0.15, 0.2) is 5.50 Å². The zero-order valence-electron chi connectivity index (χ0n) is 5.29. The van der Waals surface area contributed by atoms with E-state index in [0.717, 1.165) is 11.2 Å². The second kappa shape index (κ2) is 2.18. The highest BCUT2D eigenvalue weighted by molar-refractivity contribution is 8.02. The summed E-state index contributed by atoms with van der Waals surface area (Å²) in [5.74, 6) is 0. The van der Waals surface area contributed by atoms with E-state index < -0.39 is 0 Å². The average molecular weight is 151 g/mol. The van der Waals surface area contributed by atoms with E-state index in [2.05, 4.69) is 5.32 Å². The van der Waals surface area contributed by atoms with E-state index in [9.17, 15) is 0 Å². The van der Waals surface area contributed by atoms with Crippen LogP contribution < -0.4 is 11.1 Å². The number of thioether (sulfide) groups is 1. The fraction of sp³-hybridized carbons (Fsp3) is 0. The molecule has 1 aliphatic rings. The SMILES string of the molecule is N[C]1Nc2ccccc2S1. The third kappa shape index (κ3) is 0.874. The molecule has 0 spiro atoms. The molecule has 0 saturated carbocycles. The van der Waals surface area contributed by atoms with Crippen molar-refractivity contribution < 1.29 is 0 Å².